The van der Waals surface area contributed by atoms with Crippen LogP contribution in [0.25, 0.3) is 17.0 Å². The van der Waals surface area contributed by atoms with Gasteiger partial charge in [0.05, 0.1) is 16.4 Å². The van der Waals surface area contributed by atoms with E-state index in [-0.39, 0.29) is 5.92 Å². The van der Waals surface area contributed by atoms with Gasteiger partial charge in [-0.15, -0.1) is 0 Å². The zero-order chi connectivity index (χ0) is 22.4. The first-order chi connectivity index (χ1) is 16.2. The highest BCUT2D eigenvalue weighted by atomic mass is 35.5. The summed E-state index contributed by atoms with van der Waals surface area (Å²) < 4.78 is 2.18. The summed E-state index contributed by atoms with van der Waals surface area (Å²) in [6.07, 6.45) is 10.6. The lowest BCUT2D eigenvalue weighted by Crippen LogP contribution is -2.46. The van der Waals surface area contributed by atoms with Gasteiger partial charge in [-0.1, -0.05) is 30.5 Å². The van der Waals surface area contributed by atoms with Crippen molar-refractivity contribution in [2.75, 3.05) is 19.6 Å². The zero-order valence-corrected chi connectivity index (χ0v) is 19.6. The topological polar surface area (TPSA) is 53.7 Å². The Kier molecular flexibility index (Phi) is 5.59. The lowest BCUT2D eigenvalue weighted by Gasteiger charge is -2.33. The largest absolute Gasteiger partial charge is 0.338 e. The van der Waals surface area contributed by atoms with E-state index in [1.54, 1.807) is 6.20 Å². The summed E-state index contributed by atoms with van der Waals surface area (Å²) in [4.78, 5) is 27.5. The molecular formula is C26H30ClN5O. The van der Waals surface area contributed by atoms with E-state index in [2.05, 4.69) is 25.4 Å². The number of aromatic nitrogens is 3. The molecule has 2 aliphatic heterocycles. The van der Waals surface area contributed by atoms with Crippen LogP contribution in [0.4, 0.5) is 0 Å². The molecule has 5 heterocycles. The van der Waals surface area contributed by atoms with Crippen LogP contribution < -0.4 is 0 Å². The average Bonchev–Trinajstić information content (AvgIpc) is 3.53. The highest BCUT2D eigenvalue weighted by Gasteiger charge is 2.41. The Labute approximate surface area is 199 Å². The minimum absolute atomic E-state index is 0.264. The molecule has 2 atom stereocenters. The zero-order valence-electron chi connectivity index (χ0n) is 18.9. The van der Waals surface area contributed by atoms with Crippen molar-refractivity contribution in [1.82, 2.24) is 24.2 Å². The summed E-state index contributed by atoms with van der Waals surface area (Å²) in [5.74, 6) is 1.31. The first kappa shape index (κ1) is 21.1. The highest BCUT2D eigenvalue weighted by Crippen LogP contribution is 2.35. The van der Waals surface area contributed by atoms with Gasteiger partial charge in [0.2, 0.25) is 5.91 Å². The van der Waals surface area contributed by atoms with Gasteiger partial charge < -0.3 is 9.30 Å². The van der Waals surface area contributed by atoms with Gasteiger partial charge in [-0.25, -0.2) is 4.98 Å². The fourth-order valence-electron chi connectivity index (χ4n) is 6.10. The van der Waals surface area contributed by atoms with Crippen LogP contribution in [0, 0.1) is 11.8 Å². The minimum Gasteiger partial charge on any atom is -0.338 e. The maximum absolute atomic E-state index is 13.2. The fourth-order valence-corrected chi connectivity index (χ4v) is 6.21. The molecule has 0 aromatic carbocycles. The van der Waals surface area contributed by atoms with Gasteiger partial charge >= 0.3 is 0 Å². The molecule has 6 rings (SSSR count). The molecule has 1 saturated carbocycles. The Morgan fingerprint density at radius 3 is 2.79 bits per heavy atom. The molecule has 3 aromatic rings. The van der Waals surface area contributed by atoms with Crippen LogP contribution in [-0.4, -0.2) is 55.8 Å². The third-order valence-corrected chi connectivity index (χ3v) is 8.01. The highest BCUT2D eigenvalue weighted by molar-refractivity contribution is 6.30. The summed E-state index contributed by atoms with van der Waals surface area (Å²) in [5.41, 5.74) is 3.82. The molecule has 7 heteroatoms. The van der Waals surface area contributed by atoms with Gasteiger partial charge in [0.15, 0.2) is 0 Å². The molecule has 1 aliphatic carbocycles. The van der Waals surface area contributed by atoms with Crippen molar-refractivity contribution in [3.05, 3.63) is 53.4 Å². The van der Waals surface area contributed by atoms with E-state index in [4.69, 9.17) is 16.6 Å². The van der Waals surface area contributed by atoms with Gasteiger partial charge in [-0.05, 0) is 62.4 Å². The number of fused-ring (bicyclic) bond motifs is 3. The summed E-state index contributed by atoms with van der Waals surface area (Å²) in [5, 5.41) is 0.625. The average molecular weight is 464 g/mol. The van der Waals surface area contributed by atoms with E-state index in [9.17, 15) is 4.79 Å². The first-order valence-electron chi connectivity index (χ1n) is 12.3. The number of carbonyl (C=O) groups is 1. The second kappa shape index (κ2) is 8.73. The predicted octanol–water partition coefficient (Wildman–Crippen LogP) is 4.66. The van der Waals surface area contributed by atoms with Crippen molar-refractivity contribution in [3.8, 4) is 11.4 Å². The number of nitrogens with zero attached hydrogens (tertiary/aromatic N) is 5. The Hall–Kier alpha value is -2.44. The van der Waals surface area contributed by atoms with E-state index < -0.39 is 0 Å². The van der Waals surface area contributed by atoms with Gasteiger partial charge in [0, 0.05) is 44.0 Å². The lowest BCUT2D eigenvalue weighted by molar-refractivity contribution is -0.136. The molecule has 172 valence electrons. The van der Waals surface area contributed by atoms with Gasteiger partial charge in [-0.2, -0.15) is 0 Å². The van der Waals surface area contributed by atoms with E-state index in [1.165, 1.54) is 12.8 Å². The molecule has 33 heavy (non-hydrogen) atoms. The molecule has 2 unspecified atom stereocenters. The van der Waals surface area contributed by atoms with Crippen molar-refractivity contribution in [2.45, 2.75) is 51.1 Å². The maximum atomic E-state index is 13.2. The normalized spacial score (nSPS) is 24.0. The quantitative estimate of drug-likeness (QED) is 0.564. The van der Waals surface area contributed by atoms with E-state index >= 15 is 0 Å². The van der Waals surface area contributed by atoms with Crippen molar-refractivity contribution in [3.63, 3.8) is 0 Å². The van der Waals surface area contributed by atoms with Crippen LogP contribution in [0.1, 0.15) is 44.2 Å². The summed E-state index contributed by atoms with van der Waals surface area (Å²) in [6, 6.07) is 10.2. The number of amides is 1. The molecule has 0 N–H and O–H groups in total. The molecule has 2 bridgehead atoms. The second-order valence-electron chi connectivity index (χ2n) is 9.95. The Balaban J connectivity index is 1.28. The van der Waals surface area contributed by atoms with E-state index in [0.717, 1.165) is 74.6 Å². The molecule has 6 nitrogen and oxygen atoms in total. The molecule has 3 aliphatic rings. The van der Waals surface area contributed by atoms with Crippen LogP contribution in [0.15, 0.2) is 42.7 Å². The first-order valence-corrected chi connectivity index (χ1v) is 12.6. The number of halogens is 1. The molecule has 3 fully saturated rings. The molecule has 0 spiro atoms. The Morgan fingerprint density at radius 2 is 1.97 bits per heavy atom. The Bertz CT molecular complexity index is 1150. The van der Waals surface area contributed by atoms with Crippen LogP contribution in [-0.2, 0) is 11.3 Å². The number of hydrogen-bond donors (Lipinski definition) is 0. The third-order valence-electron chi connectivity index (χ3n) is 7.78. The number of carbonyl (C=O) groups excluding carboxylic acids is 1. The van der Waals surface area contributed by atoms with Crippen molar-refractivity contribution in [1.29, 1.82) is 0 Å². The smallest absolute Gasteiger partial charge is 0.225 e. The van der Waals surface area contributed by atoms with Crippen LogP contribution in [0.2, 0.25) is 5.02 Å². The number of likely N-dealkylation sites (tertiary alicyclic amines) is 2. The molecular weight excluding hydrogens is 434 g/mol. The summed E-state index contributed by atoms with van der Waals surface area (Å²) in [7, 11) is 0. The van der Waals surface area contributed by atoms with Crippen molar-refractivity contribution in [2.24, 2.45) is 11.8 Å². The maximum Gasteiger partial charge on any atom is 0.225 e. The predicted molar refractivity (Wildman–Crippen MR) is 129 cm³/mol. The number of pyridine rings is 2. The summed E-state index contributed by atoms with van der Waals surface area (Å²) >= 11 is 6.09. The number of hydrogen-bond acceptors (Lipinski definition) is 4. The van der Waals surface area contributed by atoms with Gasteiger partial charge in [-0.3, -0.25) is 14.7 Å². The third kappa shape index (κ3) is 4.04. The monoisotopic (exact) mass is 463 g/mol. The number of imidazole rings is 1. The SMILES string of the molecule is O=C(C1CCCC1)N1CC2CCN(Cc3c(-c4ccc(Cl)cn4)nc4ccccn34)CC1C2. The lowest BCUT2D eigenvalue weighted by atomic mass is 10.0. The summed E-state index contributed by atoms with van der Waals surface area (Å²) in [6.45, 7) is 3.74. The number of rotatable bonds is 4. The molecule has 2 saturated heterocycles. The minimum atomic E-state index is 0.264. The molecule has 1 amide bonds. The van der Waals surface area contributed by atoms with Gasteiger partial charge in [0.1, 0.15) is 11.3 Å². The molecule has 3 aromatic heterocycles. The van der Waals surface area contributed by atoms with Crippen LogP contribution >= 0.6 is 11.6 Å². The second-order valence-corrected chi connectivity index (χ2v) is 10.4. The molecule has 0 radical (unpaired) electrons. The van der Waals surface area contributed by atoms with E-state index in [0.29, 0.717) is 22.9 Å². The fraction of sp³-hybridized carbons (Fsp3) is 0.500. The Morgan fingerprint density at radius 1 is 1.09 bits per heavy atom. The van der Waals surface area contributed by atoms with Crippen molar-refractivity contribution >= 4 is 23.2 Å². The van der Waals surface area contributed by atoms with Crippen molar-refractivity contribution < 1.29 is 4.79 Å². The van der Waals surface area contributed by atoms with E-state index in [1.807, 2.05) is 30.3 Å². The van der Waals surface area contributed by atoms with Crippen LogP contribution in [0.3, 0.4) is 0 Å². The van der Waals surface area contributed by atoms with Gasteiger partial charge in [0.25, 0.3) is 0 Å². The van der Waals surface area contributed by atoms with Crippen LogP contribution in [0.5, 0.6) is 0 Å². The standard InChI is InChI=1S/C26H30ClN5O/c27-20-8-9-22(28-14-20)25-23(31-11-4-3-7-24(31)29-25)17-30-12-10-18-13-21(16-30)32(15-18)26(33)19-5-1-2-6-19/h3-4,7-9,11,14,18-19,21H,1-2,5-6,10,12-13,15-17H2.